The summed E-state index contributed by atoms with van der Waals surface area (Å²) in [4.78, 5) is 14.4. The van der Waals surface area contributed by atoms with Crippen molar-refractivity contribution in [2.24, 2.45) is 10.7 Å². The Bertz CT molecular complexity index is 983. The van der Waals surface area contributed by atoms with Crippen molar-refractivity contribution in [1.82, 2.24) is 14.9 Å². The molecule has 0 atom stereocenters. The fourth-order valence-electron chi connectivity index (χ4n) is 2.42. The first-order valence-corrected chi connectivity index (χ1v) is 9.42. The molecule has 158 valence electrons. The van der Waals surface area contributed by atoms with E-state index in [-0.39, 0.29) is 22.2 Å². The van der Waals surface area contributed by atoms with Crippen LogP contribution in [0.15, 0.2) is 65.7 Å². The van der Waals surface area contributed by atoms with Gasteiger partial charge in [0, 0.05) is 43.0 Å². The third kappa shape index (κ3) is 6.68. The number of hydrogen-bond donors (Lipinski definition) is 3. The average Bonchev–Trinajstić information content (AvgIpc) is 2.70. The molecule has 0 amide bonds. The Balaban J connectivity index is 2.30. The molecule has 0 radical (unpaired) electrons. The minimum atomic E-state index is -0.467. The summed E-state index contributed by atoms with van der Waals surface area (Å²) in [5.74, 6) is -0.259. The molecular weight excluding hydrogens is 405 g/mol. The van der Waals surface area contributed by atoms with Gasteiger partial charge in [-0.3, -0.25) is 4.99 Å². The summed E-state index contributed by atoms with van der Waals surface area (Å²) in [5.41, 5.74) is 7.82. The molecule has 1 aromatic carbocycles. The van der Waals surface area contributed by atoms with Crippen molar-refractivity contribution in [2.75, 3.05) is 38.3 Å². The van der Waals surface area contributed by atoms with Crippen molar-refractivity contribution >= 4 is 29.5 Å². The van der Waals surface area contributed by atoms with Crippen LogP contribution in [0.2, 0.25) is 5.02 Å². The lowest BCUT2D eigenvalue weighted by molar-refractivity contribution is 0.456. The van der Waals surface area contributed by atoms with E-state index in [1.54, 1.807) is 19.2 Å². The van der Waals surface area contributed by atoms with Gasteiger partial charge in [-0.15, -0.1) is 0 Å². The Labute approximate surface area is 180 Å². The first-order chi connectivity index (χ1) is 14.3. The predicted molar refractivity (Wildman–Crippen MR) is 123 cm³/mol. The molecule has 0 aliphatic rings. The van der Waals surface area contributed by atoms with Crippen molar-refractivity contribution in [2.45, 2.75) is 0 Å². The van der Waals surface area contributed by atoms with Crippen molar-refractivity contribution in [3.63, 3.8) is 0 Å². The summed E-state index contributed by atoms with van der Waals surface area (Å²) >= 11 is 6.25. The van der Waals surface area contributed by atoms with Crippen molar-refractivity contribution in [3.05, 3.63) is 71.6 Å². The molecule has 30 heavy (non-hydrogen) atoms. The van der Waals surface area contributed by atoms with Gasteiger partial charge in [-0.1, -0.05) is 24.3 Å². The van der Waals surface area contributed by atoms with Crippen molar-refractivity contribution < 1.29 is 4.39 Å². The van der Waals surface area contributed by atoms with Gasteiger partial charge in [-0.25, -0.2) is 14.4 Å². The maximum atomic E-state index is 14.6. The normalized spacial score (nSPS) is 12.1. The number of anilines is 2. The van der Waals surface area contributed by atoms with Gasteiger partial charge in [0.15, 0.2) is 0 Å². The number of likely N-dealkylation sites (N-methyl/N-ethyl adjacent to an activating group) is 1. The molecule has 2 rings (SSSR count). The van der Waals surface area contributed by atoms with Gasteiger partial charge in [-0.2, -0.15) is 0 Å². The second-order valence-electron chi connectivity index (χ2n) is 6.53. The number of nitrogens with zero attached hydrogens (tertiary/aromatic N) is 4. The van der Waals surface area contributed by atoms with Crippen LogP contribution in [-0.4, -0.2) is 48.8 Å². The molecule has 1 aromatic heterocycles. The van der Waals surface area contributed by atoms with Crippen LogP contribution in [0, 0.1) is 5.82 Å². The molecule has 0 aliphatic heterocycles. The number of aliphatic imine (C=N–C) groups is 1. The second-order valence-corrected chi connectivity index (χ2v) is 6.94. The minimum Gasteiger partial charge on any atom is -0.403 e. The van der Waals surface area contributed by atoms with Gasteiger partial charge in [0.25, 0.3) is 0 Å². The highest BCUT2D eigenvalue weighted by atomic mass is 35.5. The fourth-order valence-corrected chi connectivity index (χ4v) is 2.61. The van der Waals surface area contributed by atoms with Crippen LogP contribution < -0.4 is 16.4 Å². The molecular formula is C21H25ClFN7. The number of halogens is 2. The van der Waals surface area contributed by atoms with Crippen LogP contribution >= 0.6 is 11.6 Å². The number of nitrogens with two attached hydrogens (primary N) is 1. The third-order valence-electron chi connectivity index (χ3n) is 3.76. The highest BCUT2D eigenvalue weighted by Crippen LogP contribution is 2.31. The van der Waals surface area contributed by atoms with E-state index in [1.165, 1.54) is 24.7 Å². The number of allylic oxidation sites excluding steroid dienone is 2. The lowest BCUT2D eigenvalue weighted by Crippen LogP contribution is -2.10. The van der Waals surface area contributed by atoms with Crippen LogP contribution in [0.4, 0.5) is 16.0 Å². The van der Waals surface area contributed by atoms with Crippen molar-refractivity contribution in [3.8, 4) is 11.3 Å². The van der Waals surface area contributed by atoms with Crippen LogP contribution in [-0.2, 0) is 0 Å². The number of hydrogen-bond acceptors (Lipinski definition) is 7. The maximum absolute atomic E-state index is 14.6. The fraction of sp³-hybridized carbons (Fsp3) is 0.190. The standard InChI is InChI=1S/C21H25ClFN7/c1-14(6-5-9-30(3)4)27-15-7-8-19(23)17(10-15)20-18(22)13-26-21(29-20)28-16(11-24)12-25-2/h5-8,10-13,27H,1,9,24H2,2-4H3,(H,26,28,29)/b6-5+,16-11?,25-12?. The monoisotopic (exact) mass is 429 g/mol. The molecule has 7 nitrogen and oxygen atoms in total. The second kappa shape index (κ2) is 11.1. The van der Waals surface area contributed by atoms with Crippen LogP contribution in [0.1, 0.15) is 0 Å². The Kier molecular flexibility index (Phi) is 8.52. The smallest absolute Gasteiger partial charge is 0.227 e. The summed E-state index contributed by atoms with van der Waals surface area (Å²) in [6.45, 7) is 4.74. The SMILES string of the molecule is C=C(/C=C/CN(C)C)Nc1ccc(F)c(-c2nc(NC(C=NC)=CN)ncc2Cl)c1. The van der Waals surface area contributed by atoms with Gasteiger partial charge in [0.05, 0.1) is 22.6 Å². The summed E-state index contributed by atoms with van der Waals surface area (Å²) in [7, 11) is 5.56. The minimum absolute atomic E-state index is 0.208. The summed E-state index contributed by atoms with van der Waals surface area (Å²) in [5, 5.41) is 6.25. The van der Waals surface area contributed by atoms with E-state index >= 15 is 0 Å². The predicted octanol–water partition coefficient (Wildman–Crippen LogP) is 3.89. The van der Waals surface area contributed by atoms with Crippen LogP contribution in [0.25, 0.3) is 11.3 Å². The first kappa shape index (κ1) is 23.1. The first-order valence-electron chi connectivity index (χ1n) is 9.04. The summed E-state index contributed by atoms with van der Waals surface area (Å²) in [6, 6.07) is 4.57. The van der Waals surface area contributed by atoms with Crippen molar-refractivity contribution in [1.29, 1.82) is 0 Å². The number of aromatic nitrogens is 2. The molecule has 4 N–H and O–H groups in total. The lowest BCUT2D eigenvalue weighted by atomic mass is 10.1. The van der Waals surface area contributed by atoms with Gasteiger partial charge in [-0.05, 0) is 38.4 Å². The molecule has 0 unspecified atom stereocenters. The quantitative estimate of drug-likeness (QED) is 0.413. The zero-order valence-electron chi connectivity index (χ0n) is 17.2. The molecule has 2 aromatic rings. The van der Waals surface area contributed by atoms with E-state index in [0.717, 1.165) is 6.54 Å². The van der Waals surface area contributed by atoms with E-state index < -0.39 is 5.82 Å². The van der Waals surface area contributed by atoms with Crippen LogP contribution in [0.5, 0.6) is 0 Å². The molecule has 0 saturated heterocycles. The zero-order chi connectivity index (χ0) is 22.1. The van der Waals surface area contributed by atoms with E-state index in [2.05, 4.69) is 32.2 Å². The Hall–Kier alpha value is -3.23. The van der Waals surface area contributed by atoms with Gasteiger partial charge < -0.3 is 21.3 Å². The van der Waals surface area contributed by atoms with Crippen LogP contribution in [0.3, 0.4) is 0 Å². The third-order valence-corrected chi connectivity index (χ3v) is 4.04. The molecule has 9 heteroatoms. The van der Waals surface area contributed by atoms with Gasteiger partial charge >= 0.3 is 0 Å². The Morgan fingerprint density at radius 1 is 1.37 bits per heavy atom. The van der Waals surface area contributed by atoms with E-state index in [1.807, 2.05) is 31.1 Å². The lowest BCUT2D eigenvalue weighted by Gasteiger charge is -2.12. The van der Waals surface area contributed by atoms with E-state index in [4.69, 9.17) is 17.3 Å². The number of rotatable bonds is 9. The highest BCUT2D eigenvalue weighted by molar-refractivity contribution is 6.33. The summed E-state index contributed by atoms with van der Waals surface area (Å²) < 4.78 is 14.6. The molecule has 0 saturated carbocycles. The average molecular weight is 430 g/mol. The van der Waals surface area contributed by atoms with E-state index in [0.29, 0.717) is 17.1 Å². The largest absolute Gasteiger partial charge is 0.403 e. The molecule has 0 bridgehead atoms. The Morgan fingerprint density at radius 3 is 2.80 bits per heavy atom. The van der Waals surface area contributed by atoms with Gasteiger partial charge in [0.1, 0.15) is 5.82 Å². The molecule has 1 heterocycles. The van der Waals surface area contributed by atoms with E-state index in [9.17, 15) is 4.39 Å². The molecule has 0 spiro atoms. The summed E-state index contributed by atoms with van der Waals surface area (Å²) in [6.07, 6.45) is 8.06. The van der Waals surface area contributed by atoms with Gasteiger partial charge in [0.2, 0.25) is 5.95 Å². The zero-order valence-corrected chi connectivity index (χ0v) is 17.9. The number of nitrogens with one attached hydrogen (secondary N) is 2. The Morgan fingerprint density at radius 2 is 2.13 bits per heavy atom. The molecule has 0 fully saturated rings. The molecule has 0 aliphatic carbocycles. The highest BCUT2D eigenvalue weighted by Gasteiger charge is 2.14. The number of benzene rings is 1. The topological polar surface area (TPSA) is 91.5 Å². The maximum Gasteiger partial charge on any atom is 0.227 e.